The molecule has 1 aromatic carbocycles. The van der Waals surface area contributed by atoms with Crippen molar-refractivity contribution in [3.8, 4) is 11.4 Å². The third-order valence-electron chi connectivity index (χ3n) is 3.92. The Morgan fingerprint density at radius 3 is 2.77 bits per heavy atom. The van der Waals surface area contributed by atoms with Crippen LogP contribution in [0.3, 0.4) is 0 Å². The van der Waals surface area contributed by atoms with E-state index in [1.807, 2.05) is 25.1 Å². The van der Waals surface area contributed by atoms with Gasteiger partial charge in [-0.1, -0.05) is 30.3 Å². The molecule has 1 aliphatic heterocycles. The summed E-state index contributed by atoms with van der Waals surface area (Å²) in [6.07, 6.45) is 0. The second kappa shape index (κ2) is 5.62. The van der Waals surface area contributed by atoms with Crippen molar-refractivity contribution >= 4 is 11.3 Å². The van der Waals surface area contributed by atoms with E-state index < -0.39 is 0 Å². The summed E-state index contributed by atoms with van der Waals surface area (Å²) in [7, 11) is 0. The molecule has 0 saturated heterocycles. The van der Waals surface area contributed by atoms with Crippen LogP contribution in [-0.2, 0) is 19.6 Å². The zero-order chi connectivity index (χ0) is 14.9. The molecule has 112 valence electrons. The van der Waals surface area contributed by atoms with E-state index in [-0.39, 0.29) is 0 Å². The minimum Gasteiger partial charge on any atom is -0.309 e. The lowest BCUT2D eigenvalue weighted by Gasteiger charge is -2.27. The third-order valence-corrected chi connectivity index (χ3v) is 4.74. The van der Waals surface area contributed by atoms with Gasteiger partial charge in [-0.3, -0.25) is 4.90 Å². The highest BCUT2D eigenvalue weighted by Crippen LogP contribution is 2.22. The number of hydrogen-bond acceptors (Lipinski definition) is 5. The molecule has 0 fully saturated rings. The van der Waals surface area contributed by atoms with Gasteiger partial charge in [0.05, 0.1) is 17.2 Å². The molecule has 3 aromatic rings. The van der Waals surface area contributed by atoms with E-state index in [1.165, 1.54) is 0 Å². The van der Waals surface area contributed by atoms with E-state index in [0.717, 1.165) is 54.1 Å². The zero-order valence-corrected chi connectivity index (χ0v) is 13.3. The molecule has 4 rings (SSSR count). The van der Waals surface area contributed by atoms with Gasteiger partial charge in [0.25, 0.3) is 0 Å². The minimum atomic E-state index is 0.830. The summed E-state index contributed by atoms with van der Waals surface area (Å²) in [4.78, 5) is 6.93. The van der Waals surface area contributed by atoms with Gasteiger partial charge in [-0.05, 0) is 6.92 Å². The molecule has 6 heteroatoms. The maximum atomic E-state index is 4.55. The molecule has 0 N–H and O–H groups in total. The number of aromatic nitrogens is 4. The smallest absolute Gasteiger partial charge is 0.164 e. The lowest BCUT2D eigenvalue weighted by molar-refractivity contribution is 0.207. The second-order valence-electron chi connectivity index (χ2n) is 5.53. The Bertz CT molecular complexity index is 777. The maximum Gasteiger partial charge on any atom is 0.164 e. The quantitative estimate of drug-likeness (QED) is 0.746. The Kier molecular flexibility index (Phi) is 3.48. The lowest BCUT2D eigenvalue weighted by atomic mass is 10.2. The van der Waals surface area contributed by atoms with Crippen molar-refractivity contribution < 1.29 is 0 Å². The van der Waals surface area contributed by atoms with Crippen LogP contribution in [0.15, 0.2) is 35.7 Å². The average molecular weight is 311 g/mol. The van der Waals surface area contributed by atoms with Crippen molar-refractivity contribution in [3.63, 3.8) is 0 Å². The van der Waals surface area contributed by atoms with Crippen LogP contribution >= 0.6 is 11.3 Å². The molecule has 5 nitrogen and oxygen atoms in total. The van der Waals surface area contributed by atoms with Crippen LogP contribution in [0.2, 0.25) is 0 Å². The molecule has 2 aromatic heterocycles. The van der Waals surface area contributed by atoms with Gasteiger partial charge in [0.1, 0.15) is 5.82 Å². The van der Waals surface area contributed by atoms with E-state index in [9.17, 15) is 0 Å². The Labute approximate surface area is 133 Å². The van der Waals surface area contributed by atoms with Crippen LogP contribution in [0.25, 0.3) is 11.4 Å². The van der Waals surface area contributed by atoms with Crippen LogP contribution in [0, 0.1) is 6.92 Å². The van der Waals surface area contributed by atoms with Gasteiger partial charge in [0.15, 0.2) is 5.82 Å². The van der Waals surface area contributed by atoms with Crippen LogP contribution < -0.4 is 0 Å². The van der Waals surface area contributed by atoms with E-state index in [4.69, 9.17) is 0 Å². The molecule has 0 aliphatic carbocycles. The first kappa shape index (κ1) is 13.6. The molecule has 1 aliphatic rings. The number of thiazole rings is 1. The predicted octanol–water partition coefficient (Wildman–Crippen LogP) is 2.73. The largest absolute Gasteiger partial charge is 0.309 e. The second-order valence-corrected chi connectivity index (χ2v) is 6.59. The summed E-state index contributed by atoms with van der Waals surface area (Å²) in [5, 5.41) is 12.0. The van der Waals surface area contributed by atoms with Crippen molar-refractivity contribution in [1.82, 2.24) is 24.6 Å². The highest BCUT2D eigenvalue weighted by molar-refractivity contribution is 7.09. The molecular weight excluding hydrogens is 294 g/mol. The van der Waals surface area contributed by atoms with Gasteiger partial charge in [-0.25, -0.2) is 4.98 Å². The van der Waals surface area contributed by atoms with Crippen molar-refractivity contribution in [2.75, 3.05) is 6.54 Å². The van der Waals surface area contributed by atoms with Gasteiger partial charge in [0.2, 0.25) is 0 Å². The van der Waals surface area contributed by atoms with Gasteiger partial charge < -0.3 is 4.57 Å². The fourth-order valence-corrected chi connectivity index (χ4v) is 3.46. The van der Waals surface area contributed by atoms with Gasteiger partial charge in [-0.2, -0.15) is 0 Å². The molecule has 0 bridgehead atoms. The first-order chi connectivity index (χ1) is 10.8. The van der Waals surface area contributed by atoms with Crippen LogP contribution in [0.4, 0.5) is 0 Å². The van der Waals surface area contributed by atoms with Gasteiger partial charge in [0, 0.05) is 30.6 Å². The Hall–Kier alpha value is -2.05. The van der Waals surface area contributed by atoms with Crippen molar-refractivity contribution in [3.05, 3.63) is 52.2 Å². The Morgan fingerprint density at radius 2 is 2.00 bits per heavy atom. The fraction of sp³-hybridized carbons (Fsp3) is 0.312. The van der Waals surface area contributed by atoms with E-state index >= 15 is 0 Å². The first-order valence-electron chi connectivity index (χ1n) is 7.40. The summed E-state index contributed by atoms with van der Waals surface area (Å²) in [5.41, 5.74) is 2.28. The third kappa shape index (κ3) is 2.55. The van der Waals surface area contributed by atoms with E-state index in [1.54, 1.807) is 11.3 Å². The van der Waals surface area contributed by atoms with Crippen molar-refractivity contribution in [2.24, 2.45) is 0 Å². The Balaban J connectivity index is 1.54. The number of nitrogens with zero attached hydrogens (tertiary/aromatic N) is 5. The van der Waals surface area contributed by atoms with Crippen LogP contribution in [0.1, 0.15) is 16.5 Å². The Morgan fingerprint density at radius 1 is 1.14 bits per heavy atom. The highest BCUT2D eigenvalue weighted by Gasteiger charge is 2.22. The molecule has 0 amide bonds. The van der Waals surface area contributed by atoms with Crippen LogP contribution in [0.5, 0.6) is 0 Å². The highest BCUT2D eigenvalue weighted by atomic mass is 32.1. The summed E-state index contributed by atoms with van der Waals surface area (Å²) < 4.78 is 2.23. The molecule has 0 unspecified atom stereocenters. The SMILES string of the molecule is Cc1nc(CN2CCn3c(nnc3-c3ccccc3)C2)cs1. The fourth-order valence-electron chi connectivity index (χ4n) is 2.85. The maximum absolute atomic E-state index is 4.55. The standard InChI is InChI=1S/C16H17N5S/c1-12-17-14(11-22-12)9-20-7-8-21-15(10-20)18-19-16(21)13-5-3-2-4-6-13/h2-6,11H,7-10H2,1H3. The predicted molar refractivity (Wildman–Crippen MR) is 86.4 cm³/mol. The van der Waals surface area contributed by atoms with Crippen LogP contribution in [-0.4, -0.2) is 31.2 Å². The lowest BCUT2D eigenvalue weighted by Crippen LogP contribution is -2.33. The minimum absolute atomic E-state index is 0.830. The summed E-state index contributed by atoms with van der Waals surface area (Å²) in [5.74, 6) is 2.01. The summed E-state index contributed by atoms with van der Waals surface area (Å²) in [6, 6.07) is 10.3. The molecular formula is C16H17N5S. The molecule has 0 atom stereocenters. The number of fused-ring (bicyclic) bond motifs is 1. The molecule has 22 heavy (non-hydrogen) atoms. The van der Waals surface area contributed by atoms with Crippen molar-refractivity contribution in [2.45, 2.75) is 26.6 Å². The zero-order valence-electron chi connectivity index (χ0n) is 12.4. The number of hydrogen-bond donors (Lipinski definition) is 0. The van der Waals surface area contributed by atoms with E-state index in [0.29, 0.717) is 0 Å². The first-order valence-corrected chi connectivity index (χ1v) is 8.28. The monoisotopic (exact) mass is 311 g/mol. The van der Waals surface area contributed by atoms with E-state index in [2.05, 4.69) is 42.2 Å². The molecule has 0 radical (unpaired) electrons. The number of rotatable bonds is 3. The van der Waals surface area contributed by atoms with Gasteiger partial charge >= 0.3 is 0 Å². The topological polar surface area (TPSA) is 46.8 Å². The summed E-state index contributed by atoms with van der Waals surface area (Å²) >= 11 is 1.71. The molecule has 0 saturated carbocycles. The summed E-state index contributed by atoms with van der Waals surface area (Å²) in [6.45, 7) is 5.69. The van der Waals surface area contributed by atoms with Crippen molar-refractivity contribution in [1.29, 1.82) is 0 Å². The number of aryl methyl sites for hydroxylation is 1. The van der Waals surface area contributed by atoms with Gasteiger partial charge in [-0.15, -0.1) is 21.5 Å². The number of benzene rings is 1. The molecule has 3 heterocycles. The molecule has 0 spiro atoms. The normalized spacial score (nSPS) is 15.0. The average Bonchev–Trinajstić information content (AvgIpc) is 3.14.